The molecule has 5 nitrogen and oxygen atoms in total. The van der Waals surface area contributed by atoms with Gasteiger partial charge in [0, 0.05) is 0 Å². The quantitative estimate of drug-likeness (QED) is 0.815. The molecule has 2 rings (SSSR count). The summed E-state index contributed by atoms with van der Waals surface area (Å²) in [5.41, 5.74) is 1.36. The molecule has 0 saturated carbocycles. The van der Waals surface area contributed by atoms with E-state index in [0.717, 1.165) is 5.69 Å². The van der Waals surface area contributed by atoms with Crippen molar-refractivity contribution in [3.8, 4) is 5.69 Å². The molecule has 0 aliphatic carbocycles. The number of benzene rings is 1. The second kappa shape index (κ2) is 6.10. The van der Waals surface area contributed by atoms with Crippen molar-refractivity contribution in [3.63, 3.8) is 0 Å². The second-order valence-electron chi connectivity index (χ2n) is 4.66. The summed E-state index contributed by atoms with van der Waals surface area (Å²) in [5.74, 6) is -0.880. The molecule has 21 heavy (non-hydrogen) atoms. The van der Waals surface area contributed by atoms with Crippen molar-refractivity contribution in [2.75, 3.05) is 0 Å². The van der Waals surface area contributed by atoms with Gasteiger partial charge in [-0.15, -0.1) is 0 Å². The van der Waals surface area contributed by atoms with Gasteiger partial charge in [-0.2, -0.15) is 5.10 Å². The van der Waals surface area contributed by atoms with Gasteiger partial charge in [0.1, 0.15) is 10.7 Å². The average Bonchev–Trinajstić information content (AvgIpc) is 2.74. The summed E-state index contributed by atoms with van der Waals surface area (Å²) < 4.78 is 6.55. The first kappa shape index (κ1) is 15.3. The minimum atomic E-state index is -0.812. The highest BCUT2D eigenvalue weighted by atomic mass is 35.5. The van der Waals surface area contributed by atoms with Crippen LogP contribution in [0.1, 0.15) is 29.9 Å². The van der Waals surface area contributed by atoms with Gasteiger partial charge >= 0.3 is 5.97 Å². The van der Waals surface area contributed by atoms with E-state index in [4.69, 9.17) is 16.3 Å². The van der Waals surface area contributed by atoms with Crippen LogP contribution in [0.5, 0.6) is 0 Å². The van der Waals surface area contributed by atoms with E-state index in [-0.39, 0.29) is 16.5 Å². The van der Waals surface area contributed by atoms with Crippen molar-refractivity contribution >= 4 is 23.4 Å². The molecule has 1 heterocycles. The van der Waals surface area contributed by atoms with Gasteiger partial charge in [-0.25, -0.2) is 9.48 Å². The third-order valence-corrected chi connectivity index (χ3v) is 3.41. The second-order valence-corrected chi connectivity index (χ2v) is 5.01. The van der Waals surface area contributed by atoms with E-state index in [1.165, 1.54) is 18.5 Å². The zero-order chi connectivity index (χ0) is 15.6. The third-order valence-electron chi connectivity index (χ3n) is 3.07. The van der Waals surface area contributed by atoms with Crippen molar-refractivity contribution in [2.24, 2.45) is 0 Å². The number of aromatic nitrogens is 2. The number of aryl methyl sites for hydroxylation is 1. The Labute approximate surface area is 127 Å². The largest absolute Gasteiger partial charge is 0.451 e. The van der Waals surface area contributed by atoms with Gasteiger partial charge in [0.15, 0.2) is 11.9 Å². The van der Waals surface area contributed by atoms with Crippen molar-refractivity contribution in [1.82, 2.24) is 9.78 Å². The van der Waals surface area contributed by atoms with Gasteiger partial charge in [0.25, 0.3) is 0 Å². The molecule has 0 fully saturated rings. The number of halogens is 1. The van der Waals surface area contributed by atoms with Crippen LogP contribution in [0.3, 0.4) is 0 Å². The lowest BCUT2D eigenvalue weighted by molar-refractivity contribution is -0.124. The number of hydrogen-bond acceptors (Lipinski definition) is 4. The van der Waals surface area contributed by atoms with Crippen LogP contribution in [0.15, 0.2) is 30.3 Å². The molecule has 0 unspecified atom stereocenters. The minimum Gasteiger partial charge on any atom is -0.451 e. The fourth-order valence-corrected chi connectivity index (χ4v) is 2.12. The molecule has 0 bridgehead atoms. The number of esters is 1. The highest BCUT2D eigenvalue weighted by molar-refractivity contribution is 6.33. The van der Waals surface area contributed by atoms with Crippen LogP contribution in [0.2, 0.25) is 5.15 Å². The summed E-state index contributed by atoms with van der Waals surface area (Å²) in [7, 11) is 0. The molecule has 2 aromatic rings. The van der Waals surface area contributed by atoms with E-state index in [1.807, 2.05) is 30.3 Å². The first-order valence-electron chi connectivity index (χ1n) is 6.43. The van der Waals surface area contributed by atoms with Crippen molar-refractivity contribution in [2.45, 2.75) is 26.9 Å². The van der Waals surface area contributed by atoms with Crippen molar-refractivity contribution in [3.05, 3.63) is 46.7 Å². The summed E-state index contributed by atoms with van der Waals surface area (Å²) in [4.78, 5) is 23.3. The van der Waals surface area contributed by atoms with Gasteiger partial charge < -0.3 is 4.74 Å². The monoisotopic (exact) mass is 306 g/mol. The number of ketones is 1. The Morgan fingerprint density at radius 1 is 1.29 bits per heavy atom. The highest BCUT2D eigenvalue weighted by Gasteiger charge is 2.24. The first-order chi connectivity index (χ1) is 9.91. The Kier molecular flexibility index (Phi) is 4.43. The van der Waals surface area contributed by atoms with E-state index in [2.05, 4.69) is 5.10 Å². The molecule has 6 heteroatoms. The van der Waals surface area contributed by atoms with Gasteiger partial charge in [0.2, 0.25) is 0 Å². The minimum absolute atomic E-state index is 0.166. The fourth-order valence-electron chi connectivity index (χ4n) is 1.77. The lowest BCUT2D eigenvalue weighted by Gasteiger charge is -2.09. The Hall–Kier alpha value is -2.14. The molecular weight excluding hydrogens is 292 g/mol. The number of hydrogen-bond donors (Lipinski definition) is 0. The fraction of sp³-hybridized carbons (Fsp3) is 0.267. The van der Waals surface area contributed by atoms with E-state index in [9.17, 15) is 9.59 Å². The molecule has 0 amide bonds. The molecule has 0 aliphatic heterocycles. The lowest BCUT2D eigenvalue weighted by atomic mass is 10.2. The van der Waals surface area contributed by atoms with Crippen LogP contribution in [0, 0.1) is 6.92 Å². The van der Waals surface area contributed by atoms with Crippen molar-refractivity contribution < 1.29 is 14.3 Å². The predicted octanol–water partition coefficient (Wildman–Crippen LogP) is 2.97. The summed E-state index contributed by atoms with van der Waals surface area (Å²) >= 11 is 6.24. The smallest absolute Gasteiger partial charge is 0.343 e. The summed E-state index contributed by atoms with van der Waals surface area (Å²) in [5, 5.41) is 4.42. The number of nitrogens with zero attached hydrogens (tertiary/aromatic N) is 2. The molecule has 0 N–H and O–H groups in total. The molecule has 0 saturated heterocycles. The SMILES string of the molecule is CC(=O)[C@H](C)OC(=O)c1c(C)nn(-c2ccccc2)c1Cl. The Morgan fingerprint density at radius 2 is 1.90 bits per heavy atom. The lowest BCUT2D eigenvalue weighted by Crippen LogP contribution is -2.22. The number of ether oxygens (including phenoxy) is 1. The number of para-hydroxylation sites is 1. The standard InChI is InChI=1S/C15H15ClN2O3/c1-9-13(15(20)21-11(3)10(2)19)14(16)18(17-9)12-7-5-4-6-8-12/h4-8,11H,1-3H3/t11-/m0/s1. The number of carbonyl (C=O) groups is 2. The average molecular weight is 307 g/mol. The van der Waals surface area contributed by atoms with Crippen LogP contribution in [-0.2, 0) is 9.53 Å². The maximum atomic E-state index is 12.1. The zero-order valence-corrected chi connectivity index (χ0v) is 12.7. The van der Waals surface area contributed by atoms with Crippen LogP contribution in [0.25, 0.3) is 5.69 Å². The summed E-state index contributed by atoms with van der Waals surface area (Å²) in [6.45, 7) is 4.55. The highest BCUT2D eigenvalue weighted by Crippen LogP contribution is 2.24. The van der Waals surface area contributed by atoms with E-state index < -0.39 is 12.1 Å². The Morgan fingerprint density at radius 3 is 2.48 bits per heavy atom. The van der Waals surface area contributed by atoms with Gasteiger partial charge in [-0.05, 0) is 32.9 Å². The van der Waals surface area contributed by atoms with Crippen molar-refractivity contribution in [1.29, 1.82) is 0 Å². The van der Waals surface area contributed by atoms with E-state index in [1.54, 1.807) is 6.92 Å². The number of Topliss-reactive ketones (excluding diaryl/α,β-unsaturated/α-hetero) is 1. The van der Waals surface area contributed by atoms with E-state index in [0.29, 0.717) is 5.69 Å². The van der Waals surface area contributed by atoms with Crippen LogP contribution < -0.4 is 0 Å². The maximum Gasteiger partial charge on any atom is 0.343 e. The normalized spacial score (nSPS) is 12.0. The summed E-state index contributed by atoms with van der Waals surface area (Å²) in [6, 6.07) is 9.21. The van der Waals surface area contributed by atoms with Gasteiger partial charge in [-0.1, -0.05) is 29.8 Å². The number of carbonyl (C=O) groups excluding carboxylic acids is 2. The maximum absolute atomic E-state index is 12.1. The third kappa shape index (κ3) is 3.13. The van der Waals surface area contributed by atoms with Gasteiger partial charge in [0.05, 0.1) is 11.4 Å². The first-order valence-corrected chi connectivity index (χ1v) is 6.81. The number of rotatable bonds is 4. The molecule has 1 atom stereocenters. The molecule has 1 aromatic carbocycles. The molecule has 110 valence electrons. The molecule has 0 spiro atoms. The topological polar surface area (TPSA) is 61.2 Å². The Bertz CT molecular complexity index is 680. The zero-order valence-electron chi connectivity index (χ0n) is 12.0. The van der Waals surface area contributed by atoms with Gasteiger partial charge in [-0.3, -0.25) is 4.79 Å². The van der Waals surface area contributed by atoms with Crippen LogP contribution in [0.4, 0.5) is 0 Å². The predicted molar refractivity (Wildman–Crippen MR) is 78.9 cm³/mol. The van der Waals surface area contributed by atoms with E-state index >= 15 is 0 Å². The molecule has 0 radical (unpaired) electrons. The molecule has 0 aliphatic rings. The Balaban J connectivity index is 2.36. The van der Waals surface area contributed by atoms with Crippen LogP contribution >= 0.6 is 11.6 Å². The molecular formula is C15H15ClN2O3. The molecule has 1 aromatic heterocycles. The summed E-state index contributed by atoms with van der Waals surface area (Å²) in [6.07, 6.45) is -0.812. The van der Waals surface area contributed by atoms with Crippen LogP contribution in [-0.4, -0.2) is 27.6 Å².